The molecule has 0 bridgehead atoms. The summed E-state index contributed by atoms with van der Waals surface area (Å²) in [7, 11) is 0. The molecule has 3 aliphatic rings. The summed E-state index contributed by atoms with van der Waals surface area (Å²) in [4.78, 5) is 26.4. The van der Waals surface area contributed by atoms with Gasteiger partial charge < -0.3 is 20.7 Å². The number of nitrogens with two attached hydrogens (primary N) is 1. The zero-order chi connectivity index (χ0) is 25.2. The normalized spacial score (nSPS) is 23.3. The van der Waals surface area contributed by atoms with E-state index in [1.165, 1.54) is 64.4 Å². The van der Waals surface area contributed by atoms with Gasteiger partial charge in [0.15, 0.2) is 23.2 Å². The van der Waals surface area contributed by atoms with Gasteiger partial charge in [-0.3, -0.25) is 9.69 Å². The van der Waals surface area contributed by atoms with Gasteiger partial charge in [0, 0.05) is 20.1 Å². The number of hydrogen-bond acceptors (Lipinski definition) is 8. The number of rotatable bonds is 3. The maximum absolute atomic E-state index is 13.6. The number of alkyl halides is 2. The van der Waals surface area contributed by atoms with Crippen molar-refractivity contribution in [1.29, 1.82) is 0 Å². The lowest BCUT2D eigenvalue weighted by Crippen LogP contribution is -2.51. The van der Waals surface area contributed by atoms with Gasteiger partial charge in [-0.25, -0.2) is 14.4 Å². The molecule has 0 spiro atoms. The molecule has 5 rings (SSSR count). The highest BCUT2D eigenvalue weighted by Crippen LogP contribution is 2.39. The van der Waals surface area contributed by atoms with E-state index in [9.17, 15) is 18.0 Å². The number of piperidine rings is 2. The minimum Gasteiger partial charge on any atom is -0.421 e. The fraction of sp³-hybridized carbons (Fsp3) is 0.565. The number of nitrogens with one attached hydrogen (secondary N) is 1. The molecule has 0 aliphatic carbocycles. The first-order valence-electron chi connectivity index (χ1n) is 11.9. The van der Waals surface area contributed by atoms with Gasteiger partial charge >= 0.3 is 12.0 Å². The number of anilines is 4. The van der Waals surface area contributed by atoms with Crippen LogP contribution < -0.4 is 20.7 Å². The summed E-state index contributed by atoms with van der Waals surface area (Å²) in [5.74, 6) is -2.04. The Hall–Kier alpha value is -3.15. The van der Waals surface area contributed by atoms with Gasteiger partial charge in [0.25, 0.3) is 0 Å². The molecule has 2 saturated heterocycles. The maximum atomic E-state index is 13.6. The number of carbonyl (C=O) groups is 1. The minimum absolute atomic E-state index is 0. The van der Waals surface area contributed by atoms with Gasteiger partial charge in [-0.15, -0.1) is 0 Å². The second-order valence-electron chi connectivity index (χ2n) is 8.98. The molecule has 2 aromatic rings. The van der Waals surface area contributed by atoms with Crippen LogP contribution >= 0.6 is 0 Å². The Morgan fingerprint density at radius 1 is 1.23 bits per heavy atom. The van der Waals surface area contributed by atoms with Crippen molar-refractivity contribution in [2.24, 2.45) is 5.92 Å². The van der Waals surface area contributed by atoms with Gasteiger partial charge in [0.05, 0.1) is 18.1 Å². The number of nitrogen functional groups attached to an aromatic ring is 1. The largest absolute Gasteiger partial charge is 0.483 e. The van der Waals surface area contributed by atoms with E-state index in [4.69, 9.17) is 5.73 Å². The Balaban J connectivity index is 0.000000251. The highest BCUT2D eigenvalue weighted by atomic mass is 19.3. The molecule has 2 aromatic heterocycles. The summed E-state index contributed by atoms with van der Waals surface area (Å²) in [6.45, 7) is 6.74. The van der Waals surface area contributed by atoms with Crippen molar-refractivity contribution in [3.63, 3.8) is 0 Å². The molecule has 35 heavy (non-hydrogen) atoms. The third-order valence-corrected chi connectivity index (χ3v) is 6.59. The summed E-state index contributed by atoms with van der Waals surface area (Å²) in [6.07, 6.45) is 5.46. The Morgan fingerprint density at radius 2 is 2.00 bits per heavy atom. The molecular weight excluding hydrogens is 463 g/mol. The SMILES string of the molecule is CCN1C(=O)C(F)(F)Oc2cc(Nc3ncc(F)c(N)n3)cnc21.C[C@@H]1CCCN2CCCC[C@H]12.[HH]. The van der Waals surface area contributed by atoms with Crippen molar-refractivity contribution in [2.45, 2.75) is 58.1 Å². The fourth-order valence-corrected chi connectivity index (χ4v) is 4.83. The molecule has 3 aliphatic heterocycles. The topological polar surface area (TPSA) is 110 Å². The molecule has 0 unspecified atom stereocenters. The number of likely N-dealkylation sites (N-methyl/N-ethyl adjacent to an activating group) is 1. The van der Waals surface area contributed by atoms with E-state index >= 15 is 0 Å². The Bertz CT molecular complexity index is 1080. The van der Waals surface area contributed by atoms with Gasteiger partial charge in [0.2, 0.25) is 5.95 Å². The zero-order valence-corrected chi connectivity index (χ0v) is 19.8. The molecule has 2 atom stereocenters. The van der Waals surface area contributed by atoms with Crippen LogP contribution in [0.15, 0.2) is 18.5 Å². The summed E-state index contributed by atoms with van der Waals surface area (Å²) < 4.78 is 44.7. The number of aromatic nitrogens is 3. The van der Waals surface area contributed by atoms with Crippen molar-refractivity contribution in [3.05, 3.63) is 24.3 Å². The van der Waals surface area contributed by atoms with Gasteiger partial charge in [-0.2, -0.15) is 13.8 Å². The summed E-state index contributed by atoms with van der Waals surface area (Å²) in [6, 6.07) is 2.16. The molecule has 2 fully saturated rings. The van der Waals surface area contributed by atoms with Crippen LogP contribution in [-0.4, -0.2) is 57.5 Å². The highest BCUT2D eigenvalue weighted by Gasteiger charge is 2.50. The molecule has 3 N–H and O–H groups in total. The van der Waals surface area contributed by atoms with Crippen molar-refractivity contribution in [2.75, 3.05) is 35.6 Å². The molecule has 192 valence electrons. The number of nitrogens with zero attached hydrogens (tertiary/aromatic N) is 5. The van der Waals surface area contributed by atoms with Crippen LogP contribution in [0.5, 0.6) is 5.75 Å². The second kappa shape index (κ2) is 10.2. The fourth-order valence-electron chi connectivity index (χ4n) is 4.83. The molecule has 1 amide bonds. The van der Waals surface area contributed by atoms with Crippen LogP contribution in [0.4, 0.5) is 36.4 Å². The maximum Gasteiger partial charge on any atom is 0.483 e. The predicted molar refractivity (Wildman–Crippen MR) is 127 cm³/mol. The molecule has 0 radical (unpaired) electrons. The van der Waals surface area contributed by atoms with Crippen LogP contribution in [0, 0.1) is 11.7 Å². The number of amides is 1. The Kier molecular flexibility index (Phi) is 7.29. The van der Waals surface area contributed by atoms with Crippen LogP contribution in [-0.2, 0) is 4.79 Å². The van der Waals surface area contributed by atoms with Gasteiger partial charge in [0.1, 0.15) is 0 Å². The minimum atomic E-state index is -3.99. The third kappa shape index (κ3) is 5.42. The lowest BCUT2D eigenvalue weighted by molar-refractivity contribution is -0.192. The van der Waals surface area contributed by atoms with Crippen LogP contribution in [0.1, 0.15) is 47.4 Å². The van der Waals surface area contributed by atoms with E-state index in [-0.39, 0.29) is 37.0 Å². The van der Waals surface area contributed by atoms with E-state index in [1.807, 2.05) is 0 Å². The molecule has 0 aromatic carbocycles. The monoisotopic (exact) mass is 495 g/mol. The lowest BCUT2D eigenvalue weighted by atomic mass is 9.85. The van der Waals surface area contributed by atoms with E-state index in [2.05, 4.69) is 36.8 Å². The first-order chi connectivity index (χ1) is 16.7. The zero-order valence-electron chi connectivity index (χ0n) is 19.8. The summed E-state index contributed by atoms with van der Waals surface area (Å²) in [5, 5.41) is 2.63. The van der Waals surface area contributed by atoms with E-state index in [0.29, 0.717) is 0 Å². The molecule has 0 saturated carbocycles. The average Bonchev–Trinajstić information content (AvgIpc) is 2.83. The van der Waals surface area contributed by atoms with Crippen LogP contribution in [0.25, 0.3) is 0 Å². The first-order valence-corrected chi connectivity index (χ1v) is 11.9. The van der Waals surface area contributed by atoms with E-state index in [1.54, 1.807) is 0 Å². The number of pyridine rings is 1. The molecule has 9 nitrogen and oxygen atoms in total. The number of carbonyl (C=O) groups excluding carboxylic acids is 1. The molecule has 12 heteroatoms. The quantitative estimate of drug-likeness (QED) is 0.652. The van der Waals surface area contributed by atoms with Crippen LogP contribution in [0.3, 0.4) is 0 Å². The first kappa shape index (κ1) is 25.0. The summed E-state index contributed by atoms with van der Waals surface area (Å²) in [5.41, 5.74) is 5.52. The number of halogens is 3. The van der Waals surface area contributed by atoms with E-state index in [0.717, 1.165) is 23.1 Å². The Morgan fingerprint density at radius 3 is 2.71 bits per heavy atom. The molecular formula is C23H32F3N7O2. The van der Waals surface area contributed by atoms with Crippen LogP contribution in [0.2, 0.25) is 0 Å². The number of ether oxygens (including phenoxy) is 1. The predicted octanol–water partition coefficient (Wildman–Crippen LogP) is 4.19. The smallest absolute Gasteiger partial charge is 0.421 e. The van der Waals surface area contributed by atoms with Gasteiger partial charge in [-0.1, -0.05) is 13.3 Å². The van der Waals surface area contributed by atoms with Crippen molar-refractivity contribution in [1.82, 2.24) is 19.9 Å². The third-order valence-electron chi connectivity index (χ3n) is 6.59. The lowest BCUT2D eigenvalue weighted by Gasteiger charge is -2.43. The van der Waals surface area contributed by atoms with Gasteiger partial charge in [-0.05, 0) is 51.6 Å². The standard InChI is InChI=1S/C13H11F3N6O2.C10H19N.H2/c1-2-22-10-8(24-13(15,16)11(22)23)3-6(4-18-10)20-12-19-5-7(14)9(17)21-12;1-9-5-4-8-11-7-3-2-6-10(9)11;/h3-5H,2H2,1H3,(H3,17,19,20,21);9-10H,2-8H2,1H3;1H/t;9-,10-;/m.1./s1. The molecule has 5 heterocycles. The van der Waals surface area contributed by atoms with E-state index < -0.39 is 17.8 Å². The average molecular weight is 496 g/mol. The number of hydrogen-bond donors (Lipinski definition) is 2. The van der Waals surface area contributed by atoms with Crippen molar-refractivity contribution >= 4 is 29.2 Å². The van der Waals surface area contributed by atoms with Crippen molar-refractivity contribution in [3.8, 4) is 5.75 Å². The number of fused-ring (bicyclic) bond motifs is 2. The van der Waals surface area contributed by atoms with Crippen molar-refractivity contribution < 1.29 is 24.1 Å². The highest BCUT2D eigenvalue weighted by molar-refractivity contribution is 6.00. The summed E-state index contributed by atoms with van der Waals surface area (Å²) >= 11 is 0. The second-order valence-corrected chi connectivity index (χ2v) is 8.98. The Labute approximate surface area is 203 Å².